The average Bonchev–Trinajstić information content (AvgIpc) is 3.56. The van der Waals surface area contributed by atoms with Gasteiger partial charge < -0.3 is 14.4 Å². The van der Waals surface area contributed by atoms with Crippen molar-refractivity contribution in [2.45, 2.75) is 13.1 Å². The largest absolute Gasteiger partial charge is 0.311 e. The molecule has 0 N–H and O–H groups in total. The number of fused-ring (bicyclic) bond motifs is 11. The lowest BCUT2D eigenvalue weighted by molar-refractivity contribution is 1.15. The van der Waals surface area contributed by atoms with Gasteiger partial charge in [0.25, 0.3) is 0 Å². The van der Waals surface area contributed by atoms with E-state index in [1.54, 1.807) is 0 Å². The van der Waals surface area contributed by atoms with Crippen LogP contribution in [0.3, 0.4) is 0 Å². The van der Waals surface area contributed by atoms with Gasteiger partial charge in [-0.3, -0.25) is 0 Å². The number of hydrogen-bond donors (Lipinski definition) is 0. The van der Waals surface area contributed by atoms with E-state index in [9.17, 15) is 0 Å². The molecule has 256 valence electrons. The molecule has 2 aliphatic heterocycles. The molecule has 54 heavy (non-hydrogen) atoms. The summed E-state index contributed by atoms with van der Waals surface area (Å²) in [5.41, 5.74) is 15.5. The lowest BCUT2D eigenvalue weighted by Gasteiger charge is -2.41. The van der Waals surface area contributed by atoms with Gasteiger partial charge in [-0.2, -0.15) is 0 Å². The highest BCUT2D eigenvalue weighted by molar-refractivity contribution is 7.02. The lowest BCUT2D eigenvalue weighted by Crippen LogP contribution is -2.58. The van der Waals surface area contributed by atoms with Crippen molar-refractivity contribution in [2.75, 3.05) is 9.80 Å². The van der Waals surface area contributed by atoms with Gasteiger partial charge in [0.15, 0.2) is 0 Å². The van der Waals surface area contributed by atoms with Crippen LogP contribution in [0.2, 0.25) is 13.1 Å². The summed E-state index contributed by atoms with van der Waals surface area (Å²) < 4.78 is 2.52. The third kappa shape index (κ3) is 4.35. The van der Waals surface area contributed by atoms with Crippen LogP contribution < -0.4 is 20.2 Å². The first kappa shape index (κ1) is 31.0. The van der Waals surface area contributed by atoms with E-state index >= 15 is 0 Å². The monoisotopic (exact) mass is 707 g/mol. The second kappa shape index (κ2) is 11.7. The van der Waals surface area contributed by atoms with Crippen LogP contribution in [0.25, 0.3) is 49.7 Å². The summed E-state index contributed by atoms with van der Waals surface area (Å²) in [7, 11) is -1.91. The zero-order valence-electron chi connectivity index (χ0n) is 30.2. The van der Waals surface area contributed by atoms with E-state index in [1.807, 2.05) is 0 Å². The maximum atomic E-state index is 2.52. The van der Waals surface area contributed by atoms with Gasteiger partial charge in [0.2, 0.25) is 0 Å². The maximum absolute atomic E-state index is 2.52. The minimum Gasteiger partial charge on any atom is -0.311 e. The molecule has 8 aromatic carbocycles. The van der Waals surface area contributed by atoms with Gasteiger partial charge in [0, 0.05) is 44.6 Å². The van der Waals surface area contributed by atoms with E-state index in [0.29, 0.717) is 0 Å². The smallest absolute Gasteiger partial charge is 0.117 e. The summed E-state index contributed by atoms with van der Waals surface area (Å²) in [4.78, 5) is 4.94. The summed E-state index contributed by atoms with van der Waals surface area (Å²) in [6, 6.07) is 69.6. The SMILES string of the molecule is C[Si]1(C)c2ccccc2N(c2ccc3c(c2)c2cccc4c2n3-c2ccccc2N(c2ccccc2)c2ccccc2-c2ccccc2-4)c2ccccc21. The van der Waals surface area contributed by atoms with E-state index in [2.05, 4.69) is 216 Å². The predicted octanol–water partition coefficient (Wildman–Crippen LogP) is 12.5. The molecule has 4 heteroatoms. The normalized spacial score (nSPS) is 13.8. The molecule has 0 fully saturated rings. The Hall–Kier alpha value is -6.62. The summed E-state index contributed by atoms with van der Waals surface area (Å²) in [6.07, 6.45) is 0. The van der Waals surface area contributed by atoms with Gasteiger partial charge >= 0.3 is 0 Å². The third-order valence-corrected chi connectivity index (χ3v) is 15.2. The lowest BCUT2D eigenvalue weighted by atomic mass is 9.91. The highest BCUT2D eigenvalue weighted by Crippen LogP contribution is 2.50. The van der Waals surface area contributed by atoms with Crippen molar-refractivity contribution in [3.63, 3.8) is 0 Å². The minimum atomic E-state index is -1.91. The van der Waals surface area contributed by atoms with Crippen LogP contribution in [0, 0.1) is 0 Å². The molecule has 0 spiro atoms. The Balaban J connectivity index is 1.26. The van der Waals surface area contributed by atoms with Crippen molar-refractivity contribution in [3.8, 4) is 27.9 Å². The molecule has 0 aliphatic carbocycles. The van der Waals surface area contributed by atoms with Crippen LogP contribution in [0.5, 0.6) is 0 Å². The van der Waals surface area contributed by atoms with Crippen LogP contribution in [-0.2, 0) is 0 Å². The Morgan fingerprint density at radius 1 is 0.352 bits per heavy atom. The van der Waals surface area contributed by atoms with Gasteiger partial charge in [-0.25, -0.2) is 0 Å². The molecule has 0 amide bonds. The zero-order chi connectivity index (χ0) is 36.0. The number of benzene rings is 8. The van der Waals surface area contributed by atoms with E-state index in [4.69, 9.17) is 0 Å². The van der Waals surface area contributed by atoms with Crippen molar-refractivity contribution in [2.24, 2.45) is 0 Å². The molecule has 2 aliphatic rings. The van der Waals surface area contributed by atoms with Gasteiger partial charge in [-0.15, -0.1) is 0 Å². The third-order valence-electron chi connectivity index (χ3n) is 11.7. The first-order valence-electron chi connectivity index (χ1n) is 18.8. The molecular weight excluding hydrogens is 671 g/mol. The zero-order valence-corrected chi connectivity index (χ0v) is 31.2. The van der Waals surface area contributed by atoms with Crippen LogP contribution in [0.15, 0.2) is 188 Å². The van der Waals surface area contributed by atoms with Crippen molar-refractivity contribution >= 4 is 74.4 Å². The van der Waals surface area contributed by atoms with E-state index in [0.717, 1.165) is 22.7 Å². The Bertz CT molecular complexity index is 2890. The molecule has 11 rings (SSSR count). The number of nitrogens with zero attached hydrogens (tertiary/aromatic N) is 3. The molecule has 0 saturated carbocycles. The van der Waals surface area contributed by atoms with Crippen LogP contribution in [-0.4, -0.2) is 12.6 Å². The van der Waals surface area contributed by atoms with Gasteiger partial charge in [-0.05, 0) is 82.2 Å². The summed E-state index contributed by atoms with van der Waals surface area (Å²) >= 11 is 0. The molecule has 1 aromatic heterocycles. The van der Waals surface area contributed by atoms with Crippen molar-refractivity contribution in [1.82, 2.24) is 4.57 Å². The van der Waals surface area contributed by atoms with Crippen LogP contribution >= 0.6 is 0 Å². The average molecular weight is 708 g/mol. The van der Waals surface area contributed by atoms with Gasteiger partial charge in [-0.1, -0.05) is 140 Å². The summed E-state index contributed by atoms with van der Waals surface area (Å²) in [5, 5.41) is 5.41. The van der Waals surface area contributed by atoms with Gasteiger partial charge in [0.1, 0.15) is 8.07 Å². The molecular formula is C50H37N3Si. The van der Waals surface area contributed by atoms with Crippen molar-refractivity contribution < 1.29 is 0 Å². The highest BCUT2D eigenvalue weighted by Gasteiger charge is 2.38. The molecule has 0 unspecified atom stereocenters. The van der Waals surface area contributed by atoms with Crippen molar-refractivity contribution in [1.29, 1.82) is 0 Å². The predicted molar refractivity (Wildman–Crippen MR) is 231 cm³/mol. The number of hydrogen-bond acceptors (Lipinski definition) is 2. The van der Waals surface area contributed by atoms with Gasteiger partial charge in [0.05, 0.1) is 28.1 Å². The molecule has 0 bridgehead atoms. The van der Waals surface area contributed by atoms with Crippen LogP contribution in [0.4, 0.5) is 34.1 Å². The first-order valence-corrected chi connectivity index (χ1v) is 21.8. The standard InChI is InChI=1S/C50H37N3Si/c1-54(2)48-29-14-12-27-46(48)52(47-28-13-15-30-49(47)54)35-31-32-43-41(33-35)40-23-16-22-39-37-20-7-6-19-36(37)38-21-8-9-24-42(38)51(34-17-4-3-5-18-34)44-25-10-11-26-45(44)53(43)50(39)40/h3-33H,1-2H3. The Kier molecular flexibility index (Phi) is 6.70. The van der Waals surface area contributed by atoms with Crippen molar-refractivity contribution in [3.05, 3.63) is 188 Å². The fourth-order valence-electron chi connectivity index (χ4n) is 9.29. The van der Waals surface area contributed by atoms with E-state index < -0.39 is 8.07 Å². The fraction of sp³-hybridized carbons (Fsp3) is 0.0400. The number of para-hydroxylation sites is 7. The topological polar surface area (TPSA) is 11.4 Å². The second-order valence-corrected chi connectivity index (χ2v) is 19.3. The Morgan fingerprint density at radius 2 is 0.870 bits per heavy atom. The summed E-state index contributed by atoms with van der Waals surface area (Å²) in [6.45, 7) is 4.97. The van der Waals surface area contributed by atoms with E-state index in [1.165, 1.54) is 71.5 Å². The van der Waals surface area contributed by atoms with Crippen LogP contribution in [0.1, 0.15) is 0 Å². The maximum Gasteiger partial charge on any atom is 0.117 e. The first-order chi connectivity index (χ1) is 26.6. The fourth-order valence-corrected chi connectivity index (χ4v) is 12.3. The molecule has 9 aromatic rings. The quantitative estimate of drug-likeness (QED) is 0.166. The van der Waals surface area contributed by atoms with E-state index in [-0.39, 0.29) is 0 Å². The minimum absolute atomic E-state index is 1.12. The number of aromatic nitrogens is 1. The molecule has 3 heterocycles. The Morgan fingerprint density at radius 3 is 1.57 bits per heavy atom. The molecule has 0 atom stereocenters. The molecule has 3 nitrogen and oxygen atoms in total. The molecule has 0 radical (unpaired) electrons. The second-order valence-electron chi connectivity index (χ2n) is 15.0. The highest BCUT2D eigenvalue weighted by atomic mass is 28.3. The molecule has 0 saturated heterocycles. The number of anilines is 6. The Labute approximate surface area is 316 Å². The summed E-state index contributed by atoms with van der Waals surface area (Å²) in [5.74, 6) is 0. The number of rotatable bonds is 2.